The first-order chi connectivity index (χ1) is 8.69. The molecule has 0 aliphatic carbocycles. The van der Waals surface area contributed by atoms with Crippen LogP contribution in [-0.2, 0) is 12.3 Å². The van der Waals surface area contributed by atoms with Gasteiger partial charge >= 0.3 is 0 Å². The highest BCUT2D eigenvalue weighted by Crippen LogP contribution is 2.23. The minimum atomic E-state index is 0.302. The fourth-order valence-electron chi connectivity index (χ4n) is 1.43. The molecule has 0 aliphatic heterocycles. The predicted molar refractivity (Wildman–Crippen MR) is 72.3 cm³/mol. The Morgan fingerprint density at radius 1 is 1.28 bits per heavy atom. The molecule has 0 amide bonds. The van der Waals surface area contributed by atoms with Crippen LogP contribution in [0.25, 0.3) is 0 Å². The second-order valence-corrected chi connectivity index (χ2v) is 5.39. The van der Waals surface area contributed by atoms with Crippen molar-refractivity contribution in [3.05, 3.63) is 41.5 Å². The van der Waals surface area contributed by atoms with Gasteiger partial charge in [0.2, 0.25) is 5.89 Å². The number of benzene rings is 1. The van der Waals surface area contributed by atoms with Crippen LogP contribution >= 0.6 is 11.8 Å². The lowest BCUT2D eigenvalue weighted by Gasteiger charge is -2.00. The molecular weight excluding hydrogens is 246 g/mol. The summed E-state index contributed by atoms with van der Waals surface area (Å²) in [7, 11) is 0. The third kappa shape index (κ3) is 3.34. The molecule has 0 unspecified atom stereocenters. The first-order valence-corrected chi connectivity index (χ1v) is 6.92. The highest BCUT2D eigenvalue weighted by atomic mass is 32.2. The van der Waals surface area contributed by atoms with Crippen LogP contribution in [0.3, 0.4) is 0 Å². The fourth-order valence-corrected chi connectivity index (χ4v) is 2.16. The van der Waals surface area contributed by atoms with E-state index in [0.29, 0.717) is 24.1 Å². The van der Waals surface area contributed by atoms with E-state index in [1.54, 1.807) is 11.8 Å². The number of hydrogen-bond acceptors (Lipinski definition) is 5. The van der Waals surface area contributed by atoms with Crippen LogP contribution in [0.5, 0.6) is 0 Å². The predicted octanol–water partition coefficient (Wildman–Crippen LogP) is 2.94. The van der Waals surface area contributed by atoms with Gasteiger partial charge in [0.25, 0.3) is 0 Å². The Kier molecular flexibility index (Phi) is 4.38. The average Bonchev–Trinajstić information content (AvgIpc) is 2.86. The molecule has 0 saturated carbocycles. The van der Waals surface area contributed by atoms with Crippen LogP contribution in [0.4, 0.5) is 0 Å². The van der Waals surface area contributed by atoms with Gasteiger partial charge in [-0.15, -0.1) is 11.8 Å². The van der Waals surface area contributed by atoms with Crippen LogP contribution < -0.4 is 5.73 Å². The minimum Gasteiger partial charge on any atom is -0.338 e. The Labute approximate surface area is 111 Å². The lowest BCUT2D eigenvalue weighted by Crippen LogP contribution is -1.95. The van der Waals surface area contributed by atoms with Gasteiger partial charge in [0.15, 0.2) is 5.82 Å². The molecule has 0 aliphatic rings. The molecule has 2 N–H and O–H groups in total. The average molecular weight is 263 g/mol. The van der Waals surface area contributed by atoms with E-state index in [9.17, 15) is 0 Å². The van der Waals surface area contributed by atoms with Crippen molar-refractivity contribution >= 4 is 11.8 Å². The Balaban J connectivity index is 1.93. The zero-order valence-electron chi connectivity index (χ0n) is 10.6. The number of thioether (sulfide) groups is 1. The SMILES string of the molecule is CC(C)c1noc(CSc2ccc(CN)cc2)n1. The highest BCUT2D eigenvalue weighted by molar-refractivity contribution is 7.98. The zero-order chi connectivity index (χ0) is 13.0. The van der Waals surface area contributed by atoms with Crippen LogP contribution in [0, 0.1) is 0 Å². The van der Waals surface area contributed by atoms with Gasteiger partial charge in [-0.2, -0.15) is 4.98 Å². The number of nitrogens with zero attached hydrogens (tertiary/aromatic N) is 2. The van der Waals surface area contributed by atoms with Gasteiger partial charge in [-0.1, -0.05) is 31.1 Å². The van der Waals surface area contributed by atoms with E-state index < -0.39 is 0 Å². The third-order valence-electron chi connectivity index (χ3n) is 2.52. The molecule has 5 heteroatoms. The maximum Gasteiger partial charge on any atom is 0.237 e. The van der Waals surface area contributed by atoms with E-state index in [4.69, 9.17) is 10.3 Å². The summed E-state index contributed by atoms with van der Waals surface area (Å²) in [5.74, 6) is 2.44. The topological polar surface area (TPSA) is 64.9 Å². The number of hydrogen-bond donors (Lipinski definition) is 1. The maximum atomic E-state index is 5.56. The quantitative estimate of drug-likeness (QED) is 0.840. The van der Waals surface area contributed by atoms with Crippen molar-refractivity contribution in [2.24, 2.45) is 5.73 Å². The van der Waals surface area contributed by atoms with Crippen molar-refractivity contribution in [3.8, 4) is 0 Å². The van der Waals surface area contributed by atoms with Crippen molar-refractivity contribution in [2.45, 2.75) is 37.0 Å². The Morgan fingerprint density at radius 2 is 2.00 bits per heavy atom. The molecule has 1 aromatic heterocycles. The second-order valence-electron chi connectivity index (χ2n) is 4.34. The van der Waals surface area contributed by atoms with Crippen molar-refractivity contribution in [2.75, 3.05) is 0 Å². The number of nitrogens with two attached hydrogens (primary N) is 1. The molecule has 4 nitrogen and oxygen atoms in total. The lowest BCUT2D eigenvalue weighted by atomic mass is 10.2. The summed E-state index contributed by atoms with van der Waals surface area (Å²) in [5, 5.41) is 3.94. The summed E-state index contributed by atoms with van der Waals surface area (Å²) >= 11 is 1.68. The molecule has 0 fully saturated rings. The van der Waals surface area contributed by atoms with E-state index in [0.717, 1.165) is 11.4 Å². The fraction of sp³-hybridized carbons (Fsp3) is 0.385. The van der Waals surface area contributed by atoms with Crippen molar-refractivity contribution in [3.63, 3.8) is 0 Å². The molecule has 0 bridgehead atoms. The number of aromatic nitrogens is 2. The van der Waals surface area contributed by atoms with Gasteiger partial charge in [-0.3, -0.25) is 0 Å². The van der Waals surface area contributed by atoms with Crippen LogP contribution in [0.2, 0.25) is 0 Å². The lowest BCUT2D eigenvalue weighted by molar-refractivity contribution is 0.383. The van der Waals surface area contributed by atoms with Gasteiger partial charge in [0, 0.05) is 17.4 Å². The molecule has 0 saturated heterocycles. The van der Waals surface area contributed by atoms with Crippen LogP contribution in [-0.4, -0.2) is 10.1 Å². The molecule has 18 heavy (non-hydrogen) atoms. The van der Waals surface area contributed by atoms with E-state index >= 15 is 0 Å². The van der Waals surface area contributed by atoms with Gasteiger partial charge in [-0.05, 0) is 17.7 Å². The molecule has 0 radical (unpaired) electrons. The first kappa shape index (κ1) is 13.1. The Morgan fingerprint density at radius 3 is 2.56 bits per heavy atom. The van der Waals surface area contributed by atoms with Gasteiger partial charge < -0.3 is 10.3 Å². The number of rotatable bonds is 5. The van der Waals surface area contributed by atoms with Gasteiger partial charge in [0.05, 0.1) is 5.75 Å². The van der Waals surface area contributed by atoms with Crippen molar-refractivity contribution in [1.82, 2.24) is 10.1 Å². The molecule has 2 rings (SSSR count). The van der Waals surface area contributed by atoms with E-state index in [-0.39, 0.29) is 0 Å². The molecule has 1 aromatic carbocycles. The van der Waals surface area contributed by atoms with Crippen LogP contribution in [0.15, 0.2) is 33.7 Å². The van der Waals surface area contributed by atoms with E-state index in [2.05, 4.69) is 22.3 Å². The zero-order valence-corrected chi connectivity index (χ0v) is 11.4. The standard InChI is InChI=1S/C13H17N3OS/c1-9(2)13-15-12(17-16-13)8-18-11-5-3-10(7-14)4-6-11/h3-6,9H,7-8,14H2,1-2H3. The molecule has 96 valence electrons. The summed E-state index contributed by atoms with van der Waals surface area (Å²) < 4.78 is 5.19. The molecular formula is C13H17N3OS. The monoisotopic (exact) mass is 263 g/mol. The van der Waals surface area contributed by atoms with Crippen LogP contribution in [0.1, 0.15) is 37.0 Å². The summed E-state index contributed by atoms with van der Waals surface area (Å²) in [4.78, 5) is 5.52. The summed E-state index contributed by atoms with van der Waals surface area (Å²) in [6.07, 6.45) is 0. The normalized spacial score (nSPS) is 11.1. The molecule has 0 atom stereocenters. The van der Waals surface area contributed by atoms with Crippen molar-refractivity contribution < 1.29 is 4.52 Å². The second kappa shape index (κ2) is 6.02. The third-order valence-corrected chi connectivity index (χ3v) is 3.52. The van der Waals surface area contributed by atoms with E-state index in [1.165, 1.54) is 4.90 Å². The highest BCUT2D eigenvalue weighted by Gasteiger charge is 2.09. The Bertz CT molecular complexity index is 493. The maximum absolute atomic E-state index is 5.56. The molecule has 0 spiro atoms. The molecule has 1 heterocycles. The largest absolute Gasteiger partial charge is 0.338 e. The van der Waals surface area contributed by atoms with E-state index in [1.807, 2.05) is 26.0 Å². The Hall–Kier alpha value is -1.33. The summed E-state index contributed by atoms with van der Waals surface area (Å²) in [6.45, 7) is 4.67. The molecule has 2 aromatic rings. The smallest absolute Gasteiger partial charge is 0.237 e. The van der Waals surface area contributed by atoms with Crippen molar-refractivity contribution in [1.29, 1.82) is 0 Å². The summed E-state index contributed by atoms with van der Waals surface area (Å²) in [5.41, 5.74) is 6.69. The minimum absolute atomic E-state index is 0.302. The first-order valence-electron chi connectivity index (χ1n) is 5.93. The van der Waals surface area contributed by atoms with Gasteiger partial charge in [0.1, 0.15) is 0 Å². The van der Waals surface area contributed by atoms with Gasteiger partial charge in [-0.25, -0.2) is 0 Å². The summed E-state index contributed by atoms with van der Waals surface area (Å²) in [6, 6.07) is 8.20.